The third kappa shape index (κ3) is 4.94. The molecule has 2 N–H and O–H groups in total. The zero-order valence-electron chi connectivity index (χ0n) is 16.2. The Bertz CT molecular complexity index is 829. The van der Waals surface area contributed by atoms with Gasteiger partial charge in [0.2, 0.25) is 0 Å². The molecule has 4 heteroatoms. The molecule has 0 bridgehead atoms. The third-order valence-electron chi connectivity index (χ3n) is 5.42. The van der Waals surface area contributed by atoms with Crippen LogP contribution < -0.4 is 5.32 Å². The number of halogens is 1. The van der Waals surface area contributed by atoms with E-state index >= 15 is 0 Å². The van der Waals surface area contributed by atoms with Crippen LogP contribution in [-0.2, 0) is 6.42 Å². The standard InChI is InChI=1S/C23H29BrN2O/c1-4-22(24)17(3)14-19-6-5-13-26(19)20-10-7-16(2)23(15-20)25-18-8-11-21(27)12-9-18/h4-7,10,13,15,18,21,25,27H,1,8-9,11-12,14H2,2-3H3/b22-17-/t18-,21-. The van der Waals surface area contributed by atoms with Crippen molar-refractivity contribution in [1.29, 1.82) is 0 Å². The van der Waals surface area contributed by atoms with Gasteiger partial charge in [0, 0.05) is 40.2 Å². The Hall–Kier alpha value is -1.78. The third-order valence-corrected chi connectivity index (χ3v) is 6.42. The van der Waals surface area contributed by atoms with Gasteiger partial charge in [0.05, 0.1) is 6.10 Å². The van der Waals surface area contributed by atoms with E-state index in [-0.39, 0.29) is 6.10 Å². The van der Waals surface area contributed by atoms with Crippen LogP contribution in [0.4, 0.5) is 5.69 Å². The van der Waals surface area contributed by atoms with Gasteiger partial charge in [-0.3, -0.25) is 0 Å². The Morgan fingerprint density at radius 2 is 2.04 bits per heavy atom. The van der Waals surface area contributed by atoms with Gasteiger partial charge in [0.1, 0.15) is 0 Å². The van der Waals surface area contributed by atoms with Gasteiger partial charge in [-0.1, -0.05) is 40.2 Å². The molecule has 0 saturated heterocycles. The summed E-state index contributed by atoms with van der Waals surface area (Å²) < 4.78 is 3.31. The largest absolute Gasteiger partial charge is 0.393 e. The first-order chi connectivity index (χ1) is 13.0. The maximum atomic E-state index is 9.73. The summed E-state index contributed by atoms with van der Waals surface area (Å²) in [5, 5.41) is 13.4. The Morgan fingerprint density at radius 3 is 2.74 bits per heavy atom. The van der Waals surface area contributed by atoms with Crippen molar-refractivity contribution in [1.82, 2.24) is 4.57 Å². The number of hydrogen-bond donors (Lipinski definition) is 2. The van der Waals surface area contributed by atoms with Crippen LogP contribution in [0.15, 0.2) is 59.2 Å². The average molecular weight is 429 g/mol. The van der Waals surface area contributed by atoms with E-state index in [9.17, 15) is 5.11 Å². The fraction of sp³-hybridized carbons (Fsp3) is 0.391. The first-order valence-corrected chi connectivity index (χ1v) is 10.5. The van der Waals surface area contributed by atoms with Crippen molar-refractivity contribution < 1.29 is 5.11 Å². The number of rotatable bonds is 6. The molecule has 0 aliphatic heterocycles. The highest BCUT2D eigenvalue weighted by Crippen LogP contribution is 2.27. The lowest BCUT2D eigenvalue weighted by molar-refractivity contribution is 0.126. The molecular formula is C23H29BrN2O. The smallest absolute Gasteiger partial charge is 0.0541 e. The lowest BCUT2D eigenvalue weighted by atomic mass is 9.93. The summed E-state index contributed by atoms with van der Waals surface area (Å²) in [6.07, 6.45) is 8.55. The van der Waals surface area contributed by atoms with Gasteiger partial charge in [-0.15, -0.1) is 0 Å². The maximum absolute atomic E-state index is 9.73. The number of benzene rings is 1. The highest BCUT2D eigenvalue weighted by Gasteiger charge is 2.19. The minimum absolute atomic E-state index is 0.121. The van der Waals surface area contributed by atoms with Crippen LogP contribution in [-0.4, -0.2) is 21.8 Å². The molecule has 27 heavy (non-hydrogen) atoms. The fourth-order valence-electron chi connectivity index (χ4n) is 3.70. The second-order valence-electron chi connectivity index (χ2n) is 7.53. The predicted octanol–water partition coefficient (Wildman–Crippen LogP) is 5.90. The predicted molar refractivity (Wildman–Crippen MR) is 118 cm³/mol. The minimum atomic E-state index is -0.121. The lowest BCUT2D eigenvalue weighted by Gasteiger charge is -2.28. The van der Waals surface area contributed by atoms with E-state index < -0.39 is 0 Å². The Morgan fingerprint density at radius 1 is 1.30 bits per heavy atom. The first kappa shape index (κ1) is 20.0. The van der Waals surface area contributed by atoms with E-state index in [4.69, 9.17) is 0 Å². The molecule has 1 saturated carbocycles. The van der Waals surface area contributed by atoms with Gasteiger partial charge in [-0.05, 0) is 69.4 Å². The molecule has 1 aliphatic rings. The number of aliphatic hydroxyl groups is 1. The van der Waals surface area contributed by atoms with E-state index in [0.29, 0.717) is 6.04 Å². The number of nitrogens with zero attached hydrogens (tertiary/aromatic N) is 1. The quantitative estimate of drug-likeness (QED) is 0.561. The summed E-state index contributed by atoms with van der Waals surface area (Å²) in [7, 11) is 0. The second-order valence-corrected chi connectivity index (χ2v) is 8.38. The normalized spacial score (nSPS) is 20.9. The summed E-state index contributed by atoms with van der Waals surface area (Å²) in [6, 6.07) is 11.3. The molecule has 0 unspecified atom stereocenters. The summed E-state index contributed by atoms with van der Waals surface area (Å²) in [5.41, 5.74) is 6.12. The number of hydrogen-bond acceptors (Lipinski definition) is 2. The Labute approximate surface area is 170 Å². The monoisotopic (exact) mass is 428 g/mol. The molecule has 144 valence electrons. The Kier molecular flexibility index (Phi) is 6.61. The van der Waals surface area contributed by atoms with Crippen LogP contribution in [0, 0.1) is 6.92 Å². The number of aryl methyl sites for hydroxylation is 1. The van der Waals surface area contributed by atoms with Crippen LogP contribution in [0.3, 0.4) is 0 Å². The number of anilines is 1. The van der Waals surface area contributed by atoms with Crippen LogP contribution in [0.25, 0.3) is 5.69 Å². The number of aromatic nitrogens is 1. The molecular weight excluding hydrogens is 400 g/mol. The van der Waals surface area contributed by atoms with E-state index in [2.05, 4.69) is 82.8 Å². The molecule has 1 aliphatic carbocycles. The zero-order valence-corrected chi connectivity index (χ0v) is 17.8. The van der Waals surface area contributed by atoms with Crippen molar-refractivity contribution >= 4 is 21.6 Å². The Balaban J connectivity index is 1.82. The SMILES string of the molecule is C=C/C(Br)=C(\C)Cc1cccn1-c1ccc(C)c(N[C@H]2CC[C@H](O)CC2)c1. The average Bonchev–Trinajstić information content (AvgIpc) is 3.12. The number of aliphatic hydroxyl groups excluding tert-OH is 1. The number of nitrogens with one attached hydrogen (secondary N) is 1. The molecule has 1 aromatic carbocycles. The minimum Gasteiger partial charge on any atom is -0.393 e. The summed E-state index contributed by atoms with van der Waals surface area (Å²) in [6.45, 7) is 8.11. The summed E-state index contributed by atoms with van der Waals surface area (Å²) in [5.74, 6) is 0. The van der Waals surface area contributed by atoms with E-state index in [1.54, 1.807) is 0 Å². The molecule has 0 amide bonds. The zero-order chi connectivity index (χ0) is 19.4. The molecule has 1 aromatic heterocycles. The molecule has 0 atom stereocenters. The summed E-state index contributed by atoms with van der Waals surface area (Å²) in [4.78, 5) is 0. The van der Waals surface area contributed by atoms with E-state index in [1.807, 2.05) is 6.08 Å². The van der Waals surface area contributed by atoms with Gasteiger partial charge >= 0.3 is 0 Å². The fourth-order valence-corrected chi connectivity index (χ4v) is 3.84. The van der Waals surface area contributed by atoms with Gasteiger partial charge in [0.25, 0.3) is 0 Å². The van der Waals surface area contributed by atoms with Crippen LogP contribution in [0.2, 0.25) is 0 Å². The van der Waals surface area contributed by atoms with Crippen molar-refractivity contribution in [3.05, 3.63) is 70.5 Å². The highest BCUT2D eigenvalue weighted by molar-refractivity contribution is 9.11. The second kappa shape index (κ2) is 8.94. The molecule has 2 aromatic rings. The van der Waals surface area contributed by atoms with E-state index in [1.165, 1.54) is 28.2 Å². The van der Waals surface area contributed by atoms with E-state index in [0.717, 1.165) is 36.6 Å². The van der Waals surface area contributed by atoms with Crippen LogP contribution in [0.1, 0.15) is 43.9 Å². The van der Waals surface area contributed by atoms with Gasteiger partial charge in [-0.2, -0.15) is 0 Å². The molecule has 1 heterocycles. The topological polar surface area (TPSA) is 37.2 Å². The lowest BCUT2D eigenvalue weighted by Crippen LogP contribution is -2.28. The number of allylic oxidation sites excluding steroid dienone is 3. The molecule has 3 nitrogen and oxygen atoms in total. The van der Waals surface area contributed by atoms with Crippen LogP contribution in [0.5, 0.6) is 0 Å². The van der Waals surface area contributed by atoms with Crippen molar-refractivity contribution in [2.75, 3.05) is 5.32 Å². The van der Waals surface area contributed by atoms with Crippen molar-refractivity contribution in [2.45, 2.75) is 58.1 Å². The molecule has 1 fully saturated rings. The molecule has 0 spiro atoms. The van der Waals surface area contributed by atoms with Crippen molar-refractivity contribution in [3.63, 3.8) is 0 Å². The maximum Gasteiger partial charge on any atom is 0.0541 e. The van der Waals surface area contributed by atoms with Gasteiger partial charge in [-0.25, -0.2) is 0 Å². The highest BCUT2D eigenvalue weighted by atomic mass is 79.9. The first-order valence-electron chi connectivity index (χ1n) is 9.67. The molecule has 0 radical (unpaired) electrons. The van der Waals surface area contributed by atoms with Gasteiger partial charge < -0.3 is 15.0 Å². The summed E-state index contributed by atoms with van der Waals surface area (Å²) >= 11 is 3.57. The van der Waals surface area contributed by atoms with Crippen molar-refractivity contribution in [2.24, 2.45) is 0 Å². The van der Waals surface area contributed by atoms with Crippen LogP contribution >= 0.6 is 15.9 Å². The van der Waals surface area contributed by atoms with Crippen molar-refractivity contribution in [3.8, 4) is 5.69 Å². The molecule has 3 rings (SSSR count). The van der Waals surface area contributed by atoms with Gasteiger partial charge in [0.15, 0.2) is 0 Å².